The Labute approximate surface area is 211 Å². The van der Waals surface area contributed by atoms with Gasteiger partial charge in [-0.2, -0.15) is 5.10 Å². The Kier molecular flexibility index (Phi) is 6.57. The van der Waals surface area contributed by atoms with Gasteiger partial charge in [0.2, 0.25) is 0 Å². The summed E-state index contributed by atoms with van der Waals surface area (Å²) in [6, 6.07) is 4.87. The van der Waals surface area contributed by atoms with Crippen molar-refractivity contribution in [1.29, 1.82) is 0 Å². The van der Waals surface area contributed by atoms with E-state index in [9.17, 15) is 14.0 Å². The second-order valence-corrected chi connectivity index (χ2v) is 9.84. The third-order valence-corrected chi connectivity index (χ3v) is 7.10. The lowest BCUT2D eigenvalue weighted by Crippen LogP contribution is -2.33. The van der Waals surface area contributed by atoms with Crippen molar-refractivity contribution in [3.05, 3.63) is 80.1 Å². The molecule has 1 unspecified atom stereocenters. The molecule has 186 valence electrons. The molecule has 0 amide bonds. The second kappa shape index (κ2) is 9.81. The van der Waals surface area contributed by atoms with Crippen molar-refractivity contribution >= 4 is 28.1 Å². The molecule has 0 aliphatic heterocycles. The Balaban J connectivity index is 1.35. The summed E-state index contributed by atoms with van der Waals surface area (Å²) < 4.78 is 17.9. The number of fused-ring (bicyclic) bond motifs is 1. The summed E-state index contributed by atoms with van der Waals surface area (Å²) in [6.07, 6.45) is 10.1. The van der Waals surface area contributed by atoms with E-state index < -0.39 is 5.82 Å². The maximum absolute atomic E-state index is 14.9. The van der Waals surface area contributed by atoms with Crippen LogP contribution in [0.3, 0.4) is 0 Å². The van der Waals surface area contributed by atoms with E-state index in [1.54, 1.807) is 37.0 Å². The van der Waals surface area contributed by atoms with E-state index in [4.69, 9.17) is 11.6 Å². The van der Waals surface area contributed by atoms with Crippen molar-refractivity contribution in [3.8, 4) is 11.4 Å². The molecule has 0 radical (unpaired) electrons. The van der Waals surface area contributed by atoms with Crippen molar-refractivity contribution in [3.63, 3.8) is 0 Å². The van der Waals surface area contributed by atoms with Gasteiger partial charge in [0.1, 0.15) is 5.82 Å². The van der Waals surface area contributed by atoms with Crippen LogP contribution in [-0.2, 0) is 13.6 Å². The average molecular weight is 509 g/mol. The smallest absolute Gasteiger partial charge is 0.271 e. The van der Waals surface area contributed by atoms with Crippen LogP contribution in [0, 0.1) is 18.7 Å². The van der Waals surface area contributed by atoms with Gasteiger partial charge in [-0.15, -0.1) is 0 Å². The number of rotatable bonds is 5. The molecule has 1 fully saturated rings. The minimum absolute atomic E-state index is 0.118. The van der Waals surface area contributed by atoms with Crippen LogP contribution in [0.15, 0.2) is 52.6 Å². The van der Waals surface area contributed by atoms with E-state index in [-0.39, 0.29) is 34.5 Å². The number of nitrogens with one attached hydrogen (secondary N) is 1. The number of hydrogen-bond donors (Lipinski definition) is 1. The molecule has 1 aliphatic carbocycles. The third-order valence-electron chi connectivity index (χ3n) is 6.90. The Bertz CT molecular complexity index is 1550. The molecule has 5 rings (SSSR count). The van der Waals surface area contributed by atoms with Gasteiger partial charge in [-0.05, 0) is 55.7 Å². The summed E-state index contributed by atoms with van der Waals surface area (Å²) in [4.78, 5) is 33.6. The fraction of sp³-hybridized carbons (Fsp3) is 0.346. The molecule has 1 aromatic carbocycles. The van der Waals surface area contributed by atoms with Gasteiger partial charge < -0.3 is 9.88 Å². The molecular weight excluding hydrogens is 483 g/mol. The van der Waals surface area contributed by atoms with Crippen LogP contribution in [0.5, 0.6) is 0 Å². The van der Waals surface area contributed by atoms with Crippen LogP contribution in [-0.4, -0.2) is 30.4 Å². The molecular formula is C26H26ClFN6O2. The first-order valence-electron chi connectivity index (χ1n) is 11.9. The van der Waals surface area contributed by atoms with Crippen LogP contribution in [0.1, 0.15) is 31.2 Å². The summed E-state index contributed by atoms with van der Waals surface area (Å²) in [6.45, 7) is 2.34. The summed E-state index contributed by atoms with van der Waals surface area (Å²) in [5, 5.41) is 8.91. The average Bonchev–Trinajstić information content (AvgIpc) is 2.87. The molecule has 0 saturated heterocycles. The number of aromatic nitrogens is 5. The molecule has 3 aromatic heterocycles. The second-order valence-electron chi connectivity index (χ2n) is 9.40. The highest BCUT2D eigenvalue weighted by molar-refractivity contribution is 6.30. The van der Waals surface area contributed by atoms with Gasteiger partial charge in [-0.25, -0.2) is 19.0 Å². The highest BCUT2D eigenvalue weighted by Crippen LogP contribution is 2.29. The lowest BCUT2D eigenvalue weighted by atomic mass is 9.85. The van der Waals surface area contributed by atoms with E-state index >= 15 is 0 Å². The molecule has 4 aromatic rings. The van der Waals surface area contributed by atoms with E-state index in [0.717, 1.165) is 31.4 Å². The normalized spacial score (nSPS) is 17.9. The Morgan fingerprint density at radius 3 is 2.69 bits per heavy atom. The van der Waals surface area contributed by atoms with Gasteiger partial charge in [0.15, 0.2) is 5.82 Å². The Hall–Kier alpha value is -3.59. The minimum Gasteiger partial charge on any atom is -0.381 e. The van der Waals surface area contributed by atoms with Gasteiger partial charge in [-0.3, -0.25) is 9.59 Å². The highest BCUT2D eigenvalue weighted by atomic mass is 35.5. The fourth-order valence-electron chi connectivity index (χ4n) is 4.96. The van der Waals surface area contributed by atoms with Crippen LogP contribution < -0.4 is 16.4 Å². The van der Waals surface area contributed by atoms with Crippen molar-refractivity contribution in [2.24, 2.45) is 13.0 Å². The number of benzene rings is 1. The first kappa shape index (κ1) is 24.1. The standard InChI is InChI=1S/C26H26ClFN6O2/c1-15-23(13-31-33(2)25(15)35)32-19-5-3-4-16(8-19)14-34-7-6-17-9-21(22(28)10-20(17)26(34)36)24-29-11-18(27)12-30-24/h6-7,9-13,16,19,32H,3-5,8,14H2,1-2H3/t16?,19-/m0/s1. The number of pyridine rings is 1. The molecule has 1 saturated carbocycles. The number of nitrogens with zero attached hydrogens (tertiary/aromatic N) is 5. The molecule has 3 heterocycles. The predicted octanol–water partition coefficient (Wildman–Crippen LogP) is 4.32. The SMILES string of the molecule is Cc1c(N[C@H]2CCCC(Cn3ccc4cc(-c5ncc(Cl)cn5)c(F)cc4c3=O)C2)cnn(C)c1=O. The summed E-state index contributed by atoms with van der Waals surface area (Å²) in [7, 11) is 1.63. The van der Waals surface area contributed by atoms with E-state index in [1.807, 2.05) is 6.07 Å². The van der Waals surface area contributed by atoms with Crippen molar-refractivity contribution in [2.75, 3.05) is 5.32 Å². The molecule has 36 heavy (non-hydrogen) atoms. The van der Waals surface area contributed by atoms with Gasteiger partial charge in [-0.1, -0.05) is 18.0 Å². The van der Waals surface area contributed by atoms with Gasteiger partial charge in [0.05, 0.1) is 27.9 Å². The molecule has 8 nitrogen and oxygen atoms in total. The van der Waals surface area contributed by atoms with E-state index in [2.05, 4.69) is 20.4 Å². The van der Waals surface area contributed by atoms with Gasteiger partial charge in [0, 0.05) is 43.8 Å². The van der Waals surface area contributed by atoms with Gasteiger partial charge >= 0.3 is 0 Å². The van der Waals surface area contributed by atoms with Gasteiger partial charge in [0.25, 0.3) is 11.1 Å². The van der Waals surface area contributed by atoms with Crippen molar-refractivity contribution < 1.29 is 4.39 Å². The zero-order valence-corrected chi connectivity index (χ0v) is 20.8. The third kappa shape index (κ3) is 4.75. The van der Waals surface area contributed by atoms with E-state index in [0.29, 0.717) is 27.9 Å². The maximum Gasteiger partial charge on any atom is 0.271 e. The number of anilines is 1. The monoisotopic (exact) mass is 508 g/mol. The number of halogens is 2. The molecule has 0 spiro atoms. The van der Waals surface area contributed by atoms with Crippen molar-refractivity contribution in [1.82, 2.24) is 24.3 Å². The fourth-order valence-corrected chi connectivity index (χ4v) is 5.05. The Morgan fingerprint density at radius 2 is 1.92 bits per heavy atom. The molecule has 1 N–H and O–H groups in total. The largest absolute Gasteiger partial charge is 0.381 e. The van der Waals surface area contributed by atoms with Crippen LogP contribution >= 0.6 is 11.6 Å². The minimum atomic E-state index is -0.556. The number of aryl methyl sites for hydroxylation is 1. The summed E-state index contributed by atoms with van der Waals surface area (Å²) in [5.74, 6) is -0.0668. The van der Waals surface area contributed by atoms with Crippen LogP contribution in [0.2, 0.25) is 5.02 Å². The first-order valence-corrected chi connectivity index (χ1v) is 12.3. The lowest BCUT2D eigenvalue weighted by Gasteiger charge is -2.31. The lowest BCUT2D eigenvalue weighted by molar-refractivity contribution is 0.298. The number of hydrogen-bond acceptors (Lipinski definition) is 6. The zero-order chi connectivity index (χ0) is 25.4. The highest BCUT2D eigenvalue weighted by Gasteiger charge is 2.24. The Morgan fingerprint density at radius 1 is 1.14 bits per heavy atom. The van der Waals surface area contributed by atoms with Crippen molar-refractivity contribution in [2.45, 2.75) is 45.2 Å². The molecule has 0 bridgehead atoms. The maximum atomic E-state index is 14.9. The quantitative estimate of drug-likeness (QED) is 0.431. The van der Waals surface area contributed by atoms with Crippen LogP contribution in [0.25, 0.3) is 22.2 Å². The summed E-state index contributed by atoms with van der Waals surface area (Å²) in [5.41, 5.74) is 1.27. The van der Waals surface area contributed by atoms with E-state index in [1.165, 1.54) is 23.1 Å². The topological polar surface area (TPSA) is 94.7 Å². The predicted molar refractivity (Wildman–Crippen MR) is 138 cm³/mol. The molecule has 1 aliphatic rings. The molecule has 10 heteroatoms. The first-order chi connectivity index (χ1) is 17.3. The summed E-state index contributed by atoms with van der Waals surface area (Å²) >= 11 is 5.84. The zero-order valence-electron chi connectivity index (χ0n) is 20.0. The molecule has 2 atom stereocenters. The van der Waals surface area contributed by atoms with Crippen LogP contribution in [0.4, 0.5) is 10.1 Å².